The summed E-state index contributed by atoms with van der Waals surface area (Å²) in [6, 6.07) is 3.74. The van der Waals surface area contributed by atoms with Gasteiger partial charge >= 0.3 is 0 Å². The molecule has 2 rings (SSSR count). The first-order valence-electron chi connectivity index (χ1n) is 7.46. The van der Waals surface area contributed by atoms with Gasteiger partial charge in [-0.1, -0.05) is 13.8 Å². The first-order valence-corrected chi connectivity index (χ1v) is 7.46. The van der Waals surface area contributed by atoms with E-state index in [2.05, 4.69) is 29.0 Å². The van der Waals surface area contributed by atoms with Gasteiger partial charge in [0.2, 0.25) is 0 Å². The molecule has 1 aliphatic rings. The first kappa shape index (κ1) is 14.8. The van der Waals surface area contributed by atoms with Crippen molar-refractivity contribution in [3.8, 4) is 0 Å². The molecular formula is C15H24N4O. The van der Waals surface area contributed by atoms with E-state index in [1.54, 1.807) is 6.20 Å². The van der Waals surface area contributed by atoms with Gasteiger partial charge < -0.3 is 15.1 Å². The maximum absolute atomic E-state index is 12.4. The van der Waals surface area contributed by atoms with Gasteiger partial charge in [0.1, 0.15) is 5.82 Å². The van der Waals surface area contributed by atoms with Gasteiger partial charge in [0.25, 0.3) is 5.91 Å². The number of likely N-dealkylation sites (N-methyl/N-ethyl adjacent to an activating group) is 1. The molecule has 1 amide bonds. The van der Waals surface area contributed by atoms with Crippen LogP contribution < -0.4 is 5.32 Å². The highest BCUT2D eigenvalue weighted by Gasteiger charge is 2.21. The van der Waals surface area contributed by atoms with E-state index >= 15 is 0 Å². The van der Waals surface area contributed by atoms with Gasteiger partial charge in [0.15, 0.2) is 0 Å². The maximum Gasteiger partial charge on any atom is 0.255 e. The lowest BCUT2D eigenvalue weighted by Gasteiger charge is -2.34. The number of nitrogens with zero attached hydrogens (tertiary/aromatic N) is 3. The molecule has 1 N–H and O–H groups in total. The minimum Gasteiger partial charge on any atom is -0.370 e. The van der Waals surface area contributed by atoms with Crippen LogP contribution in [-0.2, 0) is 0 Å². The normalized spacial score (nSPS) is 16.2. The second-order valence-corrected chi connectivity index (χ2v) is 5.09. The Hall–Kier alpha value is -1.62. The number of carbonyl (C=O) groups is 1. The summed E-state index contributed by atoms with van der Waals surface area (Å²) >= 11 is 0. The second-order valence-electron chi connectivity index (χ2n) is 5.09. The molecule has 20 heavy (non-hydrogen) atoms. The van der Waals surface area contributed by atoms with E-state index in [1.165, 1.54) is 0 Å². The van der Waals surface area contributed by atoms with Crippen LogP contribution in [0.25, 0.3) is 0 Å². The SMILES string of the molecule is CCCNc1ccc(C(=O)N2CCN(CC)CC2)cn1. The van der Waals surface area contributed by atoms with Gasteiger partial charge in [-0.25, -0.2) is 4.98 Å². The van der Waals surface area contributed by atoms with Crippen LogP contribution in [0.5, 0.6) is 0 Å². The number of pyridine rings is 1. The predicted octanol–water partition coefficient (Wildman–Crippen LogP) is 1.68. The van der Waals surface area contributed by atoms with Crippen molar-refractivity contribution >= 4 is 11.7 Å². The van der Waals surface area contributed by atoms with Crippen molar-refractivity contribution in [1.82, 2.24) is 14.8 Å². The van der Waals surface area contributed by atoms with Crippen LogP contribution in [0.4, 0.5) is 5.82 Å². The molecule has 110 valence electrons. The second kappa shape index (κ2) is 7.24. The molecule has 0 aliphatic carbocycles. The number of amides is 1. The van der Waals surface area contributed by atoms with E-state index < -0.39 is 0 Å². The maximum atomic E-state index is 12.4. The molecule has 0 unspecified atom stereocenters. The fourth-order valence-corrected chi connectivity index (χ4v) is 2.33. The van der Waals surface area contributed by atoms with Crippen LogP contribution in [0, 0.1) is 0 Å². The van der Waals surface area contributed by atoms with E-state index in [4.69, 9.17) is 0 Å². The van der Waals surface area contributed by atoms with E-state index in [9.17, 15) is 4.79 Å². The van der Waals surface area contributed by atoms with Crippen LogP contribution >= 0.6 is 0 Å². The topological polar surface area (TPSA) is 48.5 Å². The summed E-state index contributed by atoms with van der Waals surface area (Å²) in [6.07, 6.45) is 2.73. The lowest BCUT2D eigenvalue weighted by molar-refractivity contribution is 0.0643. The van der Waals surface area contributed by atoms with Crippen molar-refractivity contribution in [3.05, 3.63) is 23.9 Å². The summed E-state index contributed by atoms with van der Waals surface area (Å²) in [6.45, 7) is 9.77. The smallest absolute Gasteiger partial charge is 0.255 e. The van der Waals surface area contributed by atoms with Crippen LogP contribution in [-0.4, -0.2) is 60.0 Å². The molecule has 0 aromatic carbocycles. The molecule has 2 heterocycles. The van der Waals surface area contributed by atoms with Crippen LogP contribution in [0.15, 0.2) is 18.3 Å². The number of nitrogens with one attached hydrogen (secondary N) is 1. The summed E-state index contributed by atoms with van der Waals surface area (Å²) in [5.74, 6) is 0.925. The quantitative estimate of drug-likeness (QED) is 0.889. The van der Waals surface area contributed by atoms with Gasteiger partial charge in [-0.05, 0) is 25.1 Å². The Balaban J connectivity index is 1.92. The number of rotatable bonds is 5. The Morgan fingerprint density at radius 1 is 1.25 bits per heavy atom. The summed E-state index contributed by atoms with van der Waals surface area (Å²) in [5.41, 5.74) is 0.678. The van der Waals surface area contributed by atoms with Crippen molar-refractivity contribution in [2.24, 2.45) is 0 Å². The Labute approximate surface area is 121 Å². The molecule has 0 atom stereocenters. The third-order valence-corrected chi connectivity index (χ3v) is 3.67. The van der Waals surface area contributed by atoms with Gasteiger partial charge in [-0.2, -0.15) is 0 Å². The third kappa shape index (κ3) is 3.70. The van der Waals surface area contributed by atoms with Crippen molar-refractivity contribution in [2.75, 3.05) is 44.6 Å². The Kier molecular flexibility index (Phi) is 5.35. The minimum atomic E-state index is 0.0929. The lowest BCUT2D eigenvalue weighted by atomic mass is 10.2. The monoisotopic (exact) mass is 276 g/mol. The minimum absolute atomic E-state index is 0.0929. The number of hydrogen-bond acceptors (Lipinski definition) is 4. The molecule has 1 aliphatic heterocycles. The van der Waals surface area contributed by atoms with Crippen molar-refractivity contribution in [2.45, 2.75) is 20.3 Å². The van der Waals surface area contributed by atoms with Crippen molar-refractivity contribution in [1.29, 1.82) is 0 Å². The number of piperazine rings is 1. The molecule has 0 spiro atoms. The highest BCUT2D eigenvalue weighted by atomic mass is 16.2. The first-order chi connectivity index (χ1) is 9.74. The molecule has 0 saturated carbocycles. The largest absolute Gasteiger partial charge is 0.370 e. The number of anilines is 1. The zero-order valence-corrected chi connectivity index (χ0v) is 12.4. The fourth-order valence-electron chi connectivity index (χ4n) is 2.33. The zero-order valence-electron chi connectivity index (χ0n) is 12.4. The average molecular weight is 276 g/mol. The summed E-state index contributed by atoms with van der Waals surface area (Å²) < 4.78 is 0. The lowest BCUT2D eigenvalue weighted by Crippen LogP contribution is -2.48. The molecule has 1 aromatic rings. The number of hydrogen-bond donors (Lipinski definition) is 1. The molecule has 1 fully saturated rings. The predicted molar refractivity (Wildman–Crippen MR) is 81.0 cm³/mol. The third-order valence-electron chi connectivity index (χ3n) is 3.67. The molecule has 0 bridgehead atoms. The Morgan fingerprint density at radius 3 is 2.55 bits per heavy atom. The summed E-state index contributed by atoms with van der Waals surface area (Å²) in [4.78, 5) is 20.9. The van der Waals surface area contributed by atoms with Crippen LogP contribution in [0.1, 0.15) is 30.6 Å². The highest BCUT2D eigenvalue weighted by molar-refractivity contribution is 5.94. The fraction of sp³-hybridized carbons (Fsp3) is 0.600. The van der Waals surface area contributed by atoms with E-state index in [0.717, 1.165) is 51.5 Å². The molecule has 1 aromatic heterocycles. The number of carbonyl (C=O) groups excluding carboxylic acids is 1. The molecule has 1 saturated heterocycles. The van der Waals surface area contributed by atoms with E-state index in [0.29, 0.717) is 5.56 Å². The van der Waals surface area contributed by atoms with Crippen molar-refractivity contribution in [3.63, 3.8) is 0 Å². The zero-order chi connectivity index (χ0) is 14.4. The van der Waals surface area contributed by atoms with Crippen LogP contribution in [0.3, 0.4) is 0 Å². The van der Waals surface area contributed by atoms with Gasteiger partial charge in [0.05, 0.1) is 5.56 Å². The Bertz CT molecular complexity index is 424. The summed E-state index contributed by atoms with van der Waals surface area (Å²) in [5, 5.41) is 3.21. The number of aromatic nitrogens is 1. The summed E-state index contributed by atoms with van der Waals surface area (Å²) in [7, 11) is 0. The van der Waals surface area contributed by atoms with Gasteiger partial charge in [-0.3, -0.25) is 4.79 Å². The average Bonchev–Trinajstić information content (AvgIpc) is 2.53. The van der Waals surface area contributed by atoms with E-state index in [1.807, 2.05) is 17.0 Å². The van der Waals surface area contributed by atoms with Gasteiger partial charge in [-0.15, -0.1) is 0 Å². The molecule has 0 radical (unpaired) electrons. The standard InChI is InChI=1S/C15H24N4O/c1-3-7-16-14-6-5-13(12-17-14)15(20)19-10-8-18(4-2)9-11-19/h5-6,12H,3-4,7-11H2,1-2H3,(H,16,17). The highest BCUT2D eigenvalue weighted by Crippen LogP contribution is 2.10. The molecule has 5 nitrogen and oxygen atoms in total. The van der Waals surface area contributed by atoms with E-state index in [-0.39, 0.29) is 5.91 Å². The Morgan fingerprint density at radius 2 is 2.00 bits per heavy atom. The molecular weight excluding hydrogens is 252 g/mol. The van der Waals surface area contributed by atoms with Gasteiger partial charge in [0, 0.05) is 38.9 Å². The van der Waals surface area contributed by atoms with Crippen molar-refractivity contribution < 1.29 is 4.79 Å². The molecule has 5 heteroatoms. The van der Waals surface area contributed by atoms with Crippen LogP contribution in [0.2, 0.25) is 0 Å².